The van der Waals surface area contributed by atoms with Gasteiger partial charge < -0.3 is 10.2 Å². The Kier molecular flexibility index (Phi) is 8.72. The summed E-state index contributed by atoms with van der Waals surface area (Å²) in [4.78, 5) is 28.6. The Morgan fingerprint density at radius 3 is 2.34 bits per heavy atom. The van der Waals surface area contributed by atoms with E-state index in [0.717, 1.165) is 22.8 Å². The average molecular weight is 536 g/mol. The lowest BCUT2D eigenvalue weighted by atomic mass is 10.1. The molecule has 1 aliphatic rings. The van der Waals surface area contributed by atoms with Crippen molar-refractivity contribution in [2.45, 2.75) is 69.9 Å². The Morgan fingerprint density at radius 2 is 1.66 bits per heavy atom. The molecule has 0 radical (unpaired) electrons. The van der Waals surface area contributed by atoms with Crippen LogP contribution in [0.3, 0.4) is 0 Å². The van der Waals surface area contributed by atoms with Crippen LogP contribution in [0.2, 0.25) is 0 Å². The van der Waals surface area contributed by atoms with E-state index < -0.39 is 16.1 Å². The van der Waals surface area contributed by atoms with Crippen molar-refractivity contribution in [2.24, 2.45) is 0 Å². The number of rotatable bonds is 12. The normalized spacial score (nSPS) is 15.3. The zero-order valence-electron chi connectivity index (χ0n) is 22.4. The van der Waals surface area contributed by atoms with E-state index in [2.05, 4.69) is 5.32 Å². The molecule has 1 aliphatic heterocycles. The van der Waals surface area contributed by atoms with Crippen LogP contribution in [0, 0.1) is 0 Å². The number of benzene rings is 3. The van der Waals surface area contributed by atoms with Crippen molar-refractivity contribution in [3.63, 3.8) is 0 Å². The Hall–Kier alpha value is -3.39. The van der Waals surface area contributed by atoms with Crippen LogP contribution in [0.1, 0.15) is 52.0 Å². The second kappa shape index (κ2) is 12.0. The third kappa shape index (κ3) is 5.70. The van der Waals surface area contributed by atoms with Gasteiger partial charge in [-0.15, -0.1) is 0 Å². The summed E-state index contributed by atoms with van der Waals surface area (Å²) in [6.07, 6.45) is 2.45. The Morgan fingerprint density at radius 1 is 0.947 bits per heavy atom. The fourth-order valence-electron chi connectivity index (χ4n) is 5.05. The highest BCUT2D eigenvalue weighted by Gasteiger charge is 2.35. The van der Waals surface area contributed by atoms with Crippen molar-refractivity contribution >= 4 is 38.3 Å². The van der Waals surface area contributed by atoms with Crippen molar-refractivity contribution in [1.82, 2.24) is 10.2 Å². The number of nitrogens with zero attached hydrogens (tertiary/aromatic N) is 2. The van der Waals surface area contributed by atoms with Gasteiger partial charge in [-0.05, 0) is 55.7 Å². The monoisotopic (exact) mass is 535 g/mol. The standard InChI is InChI=1S/C30H37N3O4S/c1-4-22(3)31-30(35)25(5-2)32(21-19-23-12-7-6-8-13-23)28(34)18-11-20-33-26-16-9-14-24-15-10-17-27(29(24)26)38(33,36)37/h6-10,12-17,22,25H,4-5,11,18-21H2,1-3H3,(H,31,35)/t22-,25-/m0/s1. The summed E-state index contributed by atoms with van der Waals surface area (Å²) in [6.45, 7) is 6.50. The zero-order chi connectivity index (χ0) is 27.3. The zero-order valence-corrected chi connectivity index (χ0v) is 23.2. The molecule has 7 nitrogen and oxygen atoms in total. The third-order valence-corrected chi connectivity index (χ3v) is 9.16. The first-order valence-electron chi connectivity index (χ1n) is 13.5. The van der Waals surface area contributed by atoms with Crippen molar-refractivity contribution in [2.75, 3.05) is 17.4 Å². The van der Waals surface area contributed by atoms with E-state index in [0.29, 0.717) is 36.4 Å². The quantitative estimate of drug-likeness (QED) is 0.358. The van der Waals surface area contributed by atoms with E-state index in [9.17, 15) is 18.0 Å². The fraction of sp³-hybridized carbons (Fsp3) is 0.400. The minimum absolute atomic E-state index is 0.0207. The summed E-state index contributed by atoms with van der Waals surface area (Å²) in [6, 6.07) is 20.2. The molecule has 3 aromatic carbocycles. The van der Waals surface area contributed by atoms with Gasteiger partial charge >= 0.3 is 0 Å². The average Bonchev–Trinajstić information content (AvgIpc) is 3.14. The van der Waals surface area contributed by atoms with Gasteiger partial charge in [-0.2, -0.15) is 0 Å². The number of hydrogen-bond acceptors (Lipinski definition) is 4. The molecular weight excluding hydrogens is 498 g/mol. The Balaban J connectivity index is 1.48. The lowest BCUT2D eigenvalue weighted by molar-refractivity contribution is -0.141. The maximum absolute atomic E-state index is 13.5. The second-order valence-corrected chi connectivity index (χ2v) is 11.7. The minimum Gasteiger partial charge on any atom is -0.352 e. The topological polar surface area (TPSA) is 86.8 Å². The summed E-state index contributed by atoms with van der Waals surface area (Å²) >= 11 is 0. The van der Waals surface area contributed by atoms with Gasteiger partial charge in [0, 0.05) is 30.9 Å². The molecule has 0 unspecified atom stereocenters. The number of carbonyl (C=O) groups excluding carboxylic acids is 2. The van der Waals surface area contributed by atoms with Crippen LogP contribution in [0.15, 0.2) is 71.6 Å². The van der Waals surface area contributed by atoms with E-state index in [1.807, 2.05) is 75.4 Å². The van der Waals surface area contributed by atoms with Crippen LogP contribution in [0.25, 0.3) is 10.8 Å². The van der Waals surface area contributed by atoms with E-state index in [1.165, 1.54) is 4.31 Å². The predicted molar refractivity (Wildman–Crippen MR) is 152 cm³/mol. The molecule has 0 aliphatic carbocycles. The first-order chi connectivity index (χ1) is 18.3. The molecule has 0 bridgehead atoms. The number of nitrogens with one attached hydrogen (secondary N) is 1. The maximum atomic E-state index is 13.5. The van der Waals surface area contributed by atoms with Gasteiger partial charge in [0.15, 0.2) is 0 Å². The lowest BCUT2D eigenvalue weighted by Crippen LogP contribution is -2.51. The van der Waals surface area contributed by atoms with Crippen LogP contribution in [0.5, 0.6) is 0 Å². The van der Waals surface area contributed by atoms with E-state index in [1.54, 1.807) is 17.0 Å². The van der Waals surface area contributed by atoms with Gasteiger partial charge in [0.1, 0.15) is 6.04 Å². The summed E-state index contributed by atoms with van der Waals surface area (Å²) < 4.78 is 28.0. The molecule has 0 saturated heterocycles. The molecular formula is C30H37N3O4S. The first kappa shape index (κ1) is 27.6. The van der Waals surface area contributed by atoms with Gasteiger partial charge in [0.05, 0.1) is 10.6 Å². The van der Waals surface area contributed by atoms with Gasteiger partial charge in [-0.1, -0.05) is 68.4 Å². The number of hydrogen-bond donors (Lipinski definition) is 1. The Labute approximate surface area is 225 Å². The molecule has 0 fully saturated rings. The molecule has 202 valence electrons. The molecule has 8 heteroatoms. The SMILES string of the molecule is CC[C@H](C)NC(=O)[C@H](CC)N(CCc1ccccc1)C(=O)CCCN1c2cccc3cccc(c23)S1(=O)=O. The van der Waals surface area contributed by atoms with Crippen molar-refractivity contribution < 1.29 is 18.0 Å². The summed E-state index contributed by atoms with van der Waals surface area (Å²) in [7, 11) is -3.67. The van der Waals surface area contributed by atoms with Crippen LogP contribution < -0.4 is 9.62 Å². The maximum Gasteiger partial charge on any atom is 0.265 e. The molecule has 1 N–H and O–H groups in total. The Bertz CT molecular complexity index is 1390. The molecule has 0 aromatic heterocycles. The molecule has 3 aromatic rings. The summed E-state index contributed by atoms with van der Waals surface area (Å²) in [5, 5.41) is 4.64. The summed E-state index contributed by atoms with van der Waals surface area (Å²) in [5.41, 5.74) is 1.75. The molecule has 38 heavy (non-hydrogen) atoms. The van der Waals surface area contributed by atoms with Gasteiger partial charge in [0.2, 0.25) is 11.8 Å². The van der Waals surface area contributed by atoms with Crippen molar-refractivity contribution in [3.05, 3.63) is 72.3 Å². The molecule has 2 atom stereocenters. The number of amides is 2. The van der Waals surface area contributed by atoms with Gasteiger partial charge in [-0.25, -0.2) is 8.42 Å². The van der Waals surface area contributed by atoms with E-state index >= 15 is 0 Å². The van der Waals surface area contributed by atoms with Crippen LogP contribution in [-0.4, -0.2) is 50.3 Å². The summed E-state index contributed by atoms with van der Waals surface area (Å²) in [5.74, 6) is -0.285. The van der Waals surface area contributed by atoms with Crippen molar-refractivity contribution in [3.8, 4) is 0 Å². The van der Waals surface area contributed by atoms with Gasteiger partial charge in [0.25, 0.3) is 10.0 Å². The highest BCUT2D eigenvalue weighted by atomic mass is 32.2. The smallest absolute Gasteiger partial charge is 0.265 e. The van der Waals surface area contributed by atoms with E-state index in [-0.39, 0.29) is 30.8 Å². The van der Waals surface area contributed by atoms with Crippen molar-refractivity contribution in [1.29, 1.82) is 0 Å². The molecule has 2 amide bonds. The van der Waals surface area contributed by atoms with Crippen LogP contribution in [0.4, 0.5) is 5.69 Å². The highest BCUT2D eigenvalue weighted by Crippen LogP contribution is 2.42. The third-order valence-electron chi connectivity index (χ3n) is 7.30. The second-order valence-electron chi connectivity index (χ2n) is 9.88. The number of carbonyl (C=O) groups is 2. The molecule has 0 saturated carbocycles. The first-order valence-corrected chi connectivity index (χ1v) is 14.9. The number of sulfonamides is 1. The number of anilines is 1. The van der Waals surface area contributed by atoms with E-state index in [4.69, 9.17) is 0 Å². The van der Waals surface area contributed by atoms with Crippen LogP contribution in [-0.2, 0) is 26.0 Å². The highest BCUT2D eigenvalue weighted by molar-refractivity contribution is 7.93. The minimum atomic E-state index is -3.67. The predicted octanol–water partition coefficient (Wildman–Crippen LogP) is 4.89. The molecule has 4 rings (SSSR count). The molecule has 1 heterocycles. The van der Waals surface area contributed by atoms with Gasteiger partial charge in [-0.3, -0.25) is 13.9 Å². The van der Waals surface area contributed by atoms with Crippen LogP contribution >= 0.6 is 0 Å². The fourth-order valence-corrected chi connectivity index (χ4v) is 6.80. The molecule has 0 spiro atoms. The largest absolute Gasteiger partial charge is 0.352 e. The lowest BCUT2D eigenvalue weighted by Gasteiger charge is -2.31.